The van der Waals surface area contributed by atoms with E-state index >= 15 is 0 Å². The normalized spacial score (nSPS) is 10.6. The molecule has 0 amide bonds. The number of unbranched alkanes of at least 4 members (excludes halogenated alkanes) is 13. The van der Waals surface area contributed by atoms with Gasteiger partial charge in [0, 0.05) is 28.3 Å². The highest BCUT2D eigenvalue weighted by Gasteiger charge is 2.03. The third-order valence-corrected chi connectivity index (χ3v) is 7.99. The molecule has 41 heavy (non-hydrogen) atoms. The molecule has 0 bridgehead atoms. The monoisotopic (exact) mass is 577 g/mol. The first-order valence-corrected chi connectivity index (χ1v) is 16.1. The number of benzene rings is 2. The molecule has 0 atom stereocenters. The third-order valence-electron chi connectivity index (χ3n) is 6.97. The fourth-order valence-corrected chi connectivity index (χ4v) is 5.35. The van der Waals surface area contributed by atoms with Crippen LogP contribution in [0, 0.1) is 0 Å². The van der Waals surface area contributed by atoms with Crippen molar-refractivity contribution in [3.05, 3.63) is 90.3 Å². The Labute approximate surface area is 251 Å². The fraction of sp³-hybridized carbons (Fsp3) is 0.457. The Morgan fingerprint density at radius 2 is 1.05 bits per heavy atom. The number of aromatic nitrogens is 1. The summed E-state index contributed by atoms with van der Waals surface area (Å²) in [6, 6.07) is 19.1. The lowest BCUT2D eigenvalue weighted by Crippen LogP contribution is -2.32. The first kappa shape index (κ1) is 34.1. The highest BCUT2D eigenvalue weighted by molar-refractivity contribution is 7.99. The van der Waals surface area contributed by atoms with Crippen LogP contribution in [0.15, 0.2) is 88.9 Å². The molecule has 0 saturated heterocycles. The van der Waals surface area contributed by atoms with Gasteiger partial charge in [0.25, 0.3) is 0 Å². The van der Waals surface area contributed by atoms with Crippen LogP contribution in [0.4, 0.5) is 0 Å². The van der Waals surface area contributed by atoms with Crippen molar-refractivity contribution in [2.75, 3.05) is 0 Å². The molecule has 3 rings (SSSR count). The Balaban J connectivity index is 0.000000289. The van der Waals surface area contributed by atoms with E-state index < -0.39 is 11.9 Å². The minimum Gasteiger partial charge on any atom is -0.545 e. The van der Waals surface area contributed by atoms with Gasteiger partial charge in [-0.3, -0.25) is 0 Å². The van der Waals surface area contributed by atoms with Gasteiger partial charge in [-0.15, -0.1) is 0 Å². The van der Waals surface area contributed by atoms with E-state index in [1.54, 1.807) is 24.3 Å². The summed E-state index contributed by atoms with van der Waals surface area (Å²) in [5.74, 6) is -2.17. The molecular formula is C35H47NO4S. The summed E-state index contributed by atoms with van der Waals surface area (Å²) in [6.45, 7) is 3.47. The van der Waals surface area contributed by atoms with E-state index in [0.29, 0.717) is 0 Å². The summed E-state index contributed by atoms with van der Waals surface area (Å²) in [7, 11) is 0. The van der Waals surface area contributed by atoms with E-state index in [4.69, 9.17) is 5.11 Å². The zero-order chi connectivity index (χ0) is 29.5. The van der Waals surface area contributed by atoms with Crippen LogP contribution in [0.25, 0.3) is 0 Å². The van der Waals surface area contributed by atoms with Crippen LogP contribution < -0.4 is 9.67 Å². The molecule has 0 aliphatic carbocycles. The van der Waals surface area contributed by atoms with Gasteiger partial charge in [0.2, 0.25) is 0 Å². The standard InChI is InChI=1S/C21H38N.C14H10O4S/c1-2-3-4-5-6-7-8-9-10-11-12-13-14-16-19-22-20-17-15-18-21-22;15-13(16)9-1-5-11(6-2-9)19-12-7-3-10(4-8-12)14(17)18/h15,17-18,20-21H,2-14,16,19H2,1H3;1-8H,(H,15,16)(H,17,18)/q+1;/p-1. The Morgan fingerprint density at radius 1 is 0.634 bits per heavy atom. The second-order valence-electron chi connectivity index (χ2n) is 10.5. The number of carbonyl (C=O) groups excluding carboxylic acids is 1. The molecule has 0 radical (unpaired) electrons. The largest absolute Gasteiger partial charge is 0.545 e. The van der Waals surface area contributed by atoms with Crippen LogP contribution in [0.1, 0.15) is 118 Å². The summed E-state index contributed by atoms with van der Waals surface area (Å²) in [5, 5.41) is 19.4. The SMILES string of the molecule is CCCCCCCCCCCCCCCC[n+]1ccccc1.O=C([O-])c1ccc(Sc2ccc(C(=O)O)cc2)cc1. The van der Waals surface area contributed by atoms with E-state index in [1.807, 2.05) is 0 Å². The molecule has 0 spiro atoms. The van der Waals surface area contributed by atoms with Crippen molar-refractivity contribution in [1.82, 2.24) is 0 Å². The smallest absolute Gasteiger partial charge is 0.335 e. The molecule has 5 nitrogen and oxygen atoms in total. The molecule has 0 fully saturated rings. The molecule has 0 unspecified atom stereocenters. The average Bonchev–Trinajstić information content (AvgIpc) is 2.99. The minimum atomic E-state index is -1.21. The van der Waals surface area contributed by atoms with Gasteiger partial charge >= 0.3 is 5.97 Å². The number of hydrogen-bond acceptors (Lipinski definition) is 4. The lowest BCUT2D eigenvalue weighted by atomic mass is 10.0. The second-order valence-corrected chi connectivity index (χ2v) is 11.6. The molecule has 3 aromatic rings. The molecule has 0 saturated carbocycles. The number of carboxylic acids is 2. The van der Waals surface area contributed by atoms with Crippen molar-refractivity contribution in [3.8, 4) is 0 Å². The van der Waals surface area contributed by atoms with Gasteiger partial charge in [0.1, 0.15) is 6.54 Å². The summed E-state index contributed by atoms with van der Waals surface area (Å²) in [6.07, 6.45) is 24.4. The van der Waals surface area contributed by atoms with Crippen molar-refractivity contribution in [2.45, 2.75) is 113 Å². The Bertz CT molecular complexity index is 1050. The number of hydrogen-bond donors (Lipinski definition) is 1. The molecule has 0 aliphatic rings. The lowest BCUT2D eigenvalue weighted by Gasteiger charge is -2.05. The van der Waals surface area contributed by atoms with Crippen molar-refractivity contribution < 1.29 is 24.4 Å². The van der Waals surface area contributed by atoms with Gasteiger partial charge in [0.05, 0.1) is 11.5 Å². The van der Waals surface area contributed by atoms with E-state index in [9.17, 15) is 14.7 Å². The van der Waals surface area contributed by atoms with E-state index in [2.05, 4.69) is 42.1 Å². The summed E-state index contributed by atoms with van der Waals surface area (Å²) in [4.78, 5) is 23.1. The number of carboxylic acid groups (broad SMARTS) is 2. The van der Waals surface area contributed by atoms with Crippen LogP contribution in [-0.2, 0) is 6.54 Å². The average molecular weight is 578 g/mol. The maximum Gasteiger partial charge on any atom is 0.335 e. The number of aromatic carboxylic acids is 2. The maximum absolute atomic E-state index is 10.7. The number of aryl methyl sites for hydroxylation is 1. The van der Waals surface area contributed by atoms with Crippen molar-refractivity contribution in [2.24, 2.45) is 0 Å². The molecule has 1 heterocycles. The number of nitrogens with zero attached hydrogens (tertiary/aromatic N) is 1. The highest BCUT2D eigenvalue weighted by Crippen LogP contribution is 2.28. The zero-order valence-electron chi connectivity index (χ0n) is 24.6. The summed E-state index contributed by atoms with van der Waals surface area (Å²) >= 11 is 1.42. The molecule has 1 N–H and O–H groups in total. The summed E-state index contributed by atoms with van der Waals surface area (Å²) in [5.41, 5.74) is 0.363. The van der Waals surface area contributed by atoms with Gasteiger partial charge in [-0.05, 0) is 48.4 Å². The fourth-order valence-electron chi connectivity index (χ4n) is 4.53. The predicted octanol–water partition coefficient (Wildman–Crippen LogP) is 8.35. The minimum absolute atomic E-state index is 0.130. The molecule has 1 aromatic heterocycles. The topological polar surface area (TPSA) is 81.3 Å². The Kier molecular flexibility index (Phi) is 18.0. The summed E-state index contributed by atoms with van der Waals surface area (Å²) < 4.78 is 2.29. The van der Waals surface area contributed by atoms with Crippen molar-refractivity contribution in [3.63, 3.8) is 0 Å². The van der Waals surface area contributed by atoms with Crippen molar-refractivity contribution >= 4 is 23.7 Å². The first-order chi connectivity index (χ1) is 20.0. The van der Waals surface area contributed by atoms with Gasteiger partial charge in [-0.1, -0.05) is 114 Å². The van der Waals surface area contributed by atoms with E-state index in [0.717, 1.165) is 9.79 Å². The van der Waals surface area contributed by atoms with Crippen LogP contribution in [0.3, 0.4) is 0 Å². The van der Waals surface area contributed by atoms with Gasteiger partial charge in [-0.25, -0.2) is 9.36 Å². The van der Waals surface area contributed by atoms with Crippen LogP contribution in [0.5, 0.6) is 0 Å². The Morgan fingerprint density at radius 3 is 1.46 bits per heavy atom. The lowest BCUT2D eigenvalue weighted by molar-refractivity contribution is -0.697. The van der Waals surface area contributed by atoms with Gasteiger partial charge < -0.3 is 15.0 Å². The van der Waals surface area contributed by atoms with Crippen LogP contribution >= 0.6 is 11.8 Å². The number of pyridine rings is 1. The van der Waals surface area contributed by atoms with Gasteiger partial charge in [-0.2, -0.15) is 0 Å². The second kappa shape index (κ2) is 21.6. The van der Waals surface area contributed by atoms with Crippen LogP contribution in [0.2, 0.25) is 0 Å². The van der Waals surface area contributed by atoms with E-state index in [-0.39, 0.29) is 11.1 Å². The number of rotatable bonds is 19. The molecular weight excluding hydrogens is 530 g/mol. The first-order valence-electron chi connectivity index (χ1n) is 15.3. The highest BCUT2D eigenvalue weighted by atomic mass is 32.2. The van der Waals surface area contributed by atoms with Crippen LogP contribution in [-0.4, -0.2) is 17.0 Å². The molecule has 2 aromatic carbocycles. The molecule has 0 aliphatic heterocycles. The number of carbonyl (C=O) groups is 2. The molecule has 222 valence electrons. The maximum atomic E-state index is 10.7. The predicted molar refractivity (Wildman–Crippen MR) is 165 cm³/mol. The Hall–Kier alpha value is -3.12. The quantitative estimate of drug-likeness (QED) is 0.114. The van der Waals surface area contributed by atoms with Gasteiger partial charge in [0.15, 0.2) is 12.4 Å². The zero-order valence-corrected chi connectivity index (χ0v) is 25.5. The van der Waals surface area contributed by atoms with E-state index in [1.165, 1.54) is 132 Å². The third kappa shape index (κ3) is 16.0. The molecule has 6 heteroatoms. The van der Waals surface area contributed by atoms with Crippen molar-refractivity contribution in [1.29, 1.82) is 0 Å².